The molecule has 4 heteroatoms. The van der Waals surface area contributed by atoms with E-state index in [1.54, 1.807) is 0 Å². The molecule has 2 aliphatic rings. The van der Waals surface area contributed by atoms with Gasteiger partial charge in [0.25, 0.3) is 0 Å². The molecule has 144 valence electrons. The molecule has 2 rings (SSSR count). The van der Waals surface area contributed by atoms with Crippen molar-refractivity contribution in [2.75, 3.05) is 59.5 Å². The fourth-order valence-corrected chi connectivity index (χ4v) is 3.82. The molecule has 0 unspecified atom stereocenters. The molecule has 1 saturated carbocycles. The van der Waals surface area contributed by atoms with E-state index in [4.69, 9.17) is 4.74 Å². The van der Waals surface area contributed by atoms with Gasteiger partial charge in [0.1, 0.15) is 0 Å². The maximum atomic E-state index is 6.08. The Bertz CT molecular complexity index is 321. The quantitative estimate of drug-likeness (QED) is 0.641. The molecule has 1 aliphatic carbocycles. The Kier molecular flexibility index (Phi) is 9.80. The van der Waals surface area contributed by atoms with Crippen molar-refractivity contribution in [3.8, 4) is 0 Å². The molecule has 1 aliphatic heterocycles. The average Bonchev–Trinajstić information content (AvgIpc) is 2.41. The lowest BCUT2D eigenvalue weighted by atomic mass is 9.87. The number of piperazine rings is 1. The van der Waals surface area contributed by atoms with Crippen LogP contribution in [0.25, 0.3) is 0 Å². The van der Waals surface area contributed by atoms with E-state index in [9.17, 15) is 0 Å². The molecule has 0 aromatic rings. The molecule has 0 amide bonds. The number of hydrogen-bond acceptors (Lipinski definition) is 4. The highest BCUT2D eigenvalue weighted by Crippen LogP contribution is 2.27. The van der Waals surface area contributed by atoms with Crippen molar-refractivity contribution in [1.82, 2.24) is 14.7 Å². The lowest BCUT2D eigenvalue weighted by Crippen LogP contribution is -2.49. The summed E-state index contributed by atoms with van der Waals surface area (Å²) in [6.07, 6.45) is 2.97. The van der Waals surface area contributed by atoms with E-state index < -0.39 is 0 Å². The highest BCUT2D eigenvalue weighted by atomic mass is 16.5. The van der Waals surface area contributed by atoms with Gasteiger partial charge in [-0.2, -0.15) is 0 Å². The Balaban J connectivity index is 0.00000288. The molecule has 0 aromatic carbocycles. The lowest BCUT2D eigenvalue weighted by molar-refractivity contribution is -0.0543. The van der Waals surface area contributed by atoms with Gasteiger partial charge < -0.3 is 14.5 Å². The number of nitrogens with zero attached hydrogens (tertiary/aromatic N) is 3. The Hall–Kier alpha value is -0.160. The molecule has 1 saturated heterocycles. The van der Waals surface area contributed by atoms with E-state index in [0.717, 1.165) is 31.0 Å². The number of rotatable bonds is 9. The zero-order valence-corrected chi connectivity index (χ0v) is 16.1. The van der Waals surface area contributed by atoms with Gasteiger partial charge in [0.05, 0.1) is 12.7 Å². The van der Waals surface area contributed by atoms with E-state index in [2.05, 4.69) is 49.4 Å². The fraction of sp³-hybridized carbons (Fsp3) is 1.00. The predicted molar refractivity (Wildman–Crippen MR) is 105 cm³/mol. The first-order valence-electron chi connectivity index (χ1n) is 9.70. The first kappa shape index (κ1) is 21.9. The van der Waals surface area contributed by atoms with Crippen LogP contribution in [0.4, 0.5) is 0 Å². The van der Waals surface area contributed by atoms with Crippen molar-refractivity contribution in [1.29, 1.82) is 0 Å². The first-order valence-corrected chi connectivity index (χ1v) is 9.70. The molecule has 24 heavy (non-hydrogen) atoms. The van der Waals surface area contributed by atoms with Gasteiger partial charge in [0.15, 0.2) is 0 Å². The van der Waals surface area contributed by atoms with Crippen LogP contribution in [0.15, 0.2) is 0 Å². The predicted octanol–water partition coefficient (Wildman–Crippen LogP) is 3.03. The van der Waals surface area contributed by atoms with Crippen molar-refractivity contribution in [3.05, 3.63) is 0 Å². The third-order valence-electron chi connectivity index (χ3n) is 5.20. The fourth-order valence-electron chi connectivity index (χ4n) is 3.82. The van der Waals surface area contributed by atoms with Crippen molar-refractivity contribution in [2.45, 2.75) is 60.1 Å². The molecule has 0 aromatic heterocycles. The monoisotopic (exact) mass is 341 g/mol. The van der Waals surface area contributed by atoms with E-state index in [-0.39, 0.29) is 7.43 Å². The zero-order valence-electron chi connectivity index (χ0n) is 16.1. The number of hydrogen-bond donors (Lipinski definition) is 0. The van der Waals surface area contributed by atoms with E-state index in [1.807, 2.05) is 0 Å². The summed E-state index contributed by atoms with van der Waals surface area (Å²) in [7, 11) is 2.26. The zero-order chi connectivity index (χ0) is 16.8. The molecule has 4 nitrogen and oxygen atoms in total. The molecule has 1 heterocycles. The molecule has 0 N–H and O–H groups in total. The Morgan fingerprint density at radius 2 is 1.54 bits per heavy atom. The summed E-state index contributed by atoms with van der Waals surface area (Å²) < 4.78 is 6.08. The van der Waals surface area contributed by atoms with Crippen molar-refractivity contribution >= 4 is 0 Å². The lowest BCUT2D eigenvalue weighted by Gasteiger charge is -2.42. The third-order valence-corrected chi connectivity index (χ3v) is 5.20. The summed E-state index contributed by atoms with van der Waals surface area (Å²) in [6.45, 7) is 18.6. The van der Waals surface area contributed by atoms with E-state index >= 15 is 0 Å². The van der Waals surface area contributed by atoms with Gasteiger partial charge >= 0.3 is 0 Å². The minimum Gasteiger partial charge on any atom is -0.377 e. The molecule has 0 radical (unpaired) electrons. The summed E-state index contributed by atoms with van der Waals surface area (Å²) in [4.78, 5) is 7.68. The van der Waals surface area contributed by atoms with Gasteiger partial charge in [-0.1, -0.05) is 35.1 Å². The van der Waals surface area contributed by atoms with Crippen LogP contribution in [-0.4, -0.2) is 86.3 Å². The van der Waals surface area contributed by atoms with Gasteiger partial charge in [-0.3, -0.25) is 4.90 Å². The second-order valence-electron chi connectivity index (χ2n) is 8.49. The van der Waals surface area contributed by atoms with Crippen LogP contribution in [-0.2, 0) is 4.74 Å². The molecule has 2 fully saturated rings. The van der Waals surface area contributed by atoms with Crippen LogP contribution < -0.4 is 0 Å². The molecule has 0 atom stereocenters. The highest BCUT2D eigenvalue weighted by molar-refractivity contribution is 4.87. The van der Waals surface area contributed by atoms with Gasteiger partial charge in [-0.05, 0) is 31.7 Å². The van der Waals surface area contributed by atoms with Crippen LogP contribution in [0.2, 0.25) is 0 Å². The number of ether oxygens (including phenoxy) is 1. The first-order chi connectivity index (χ1) is 10.9. The average molecular weight is 342 g/mol. The normalized spacial score (nSPS) is 26.0. The van der Waals surface area contributed by atoms with Crippen LogP contribution in [0, 0.1) is 11.8 Å². The van der Waals surface area contributed by atoms with Crippen LogP contribution in [0.5, 0.6) is 0 Å². The van der Waals surface area contributed by atoms with Gasteiger partial charge in [-0.25, -0.2) is 0 Å². The summed E-state index contributed by atoms with van der Waals surface area (Å²) in [5, 5.41) is 0. The van der Waals surface area contributed by atoms with Gasteiger partial charge in [0, 0.05) is 51.9 Å². The smallest absolute Gasteiger partial charge is 0.0605 e. The topological polar surface area (TPSA) is 19.0 Å². The third kappa shape index (κ3) is 7.38. The SMILES string of the molecule is C.CC(C)CN1CCN(CCOC2CC(N(C)CC(C)C)C2)CC1. The summed E-state index contributed by atoms with van der Waals surface area (Å²) in [6, 6.07) is 0.752. The minimum absolute atomic E-state index is 0. The minimum atomic E-state index is 0. The van der Waals surface area contributed by atoms with Crippen LogP contribution >= 0.6 is 0 Å². The Morgan fingerprint density at radius 1 is 0.958 bits per heavy atom. The second-order valence-corrected chi connectivity index (χ2v) is 8.49. The van der Waals surface area contributed by atoms with Gasteiger partial charge in [-0.15, -0.1) is 0 Å². The largest absolute Gasteiger partial charge is 0.377 e. The second kappa shape index (κ2) is 10.7. The van der Waals surface area contributed by atoms with Crippen molar-refractivity contribution in [2.24, 2.45) is 11.8 Å². The summed E-state index contributed by atoms with van der Waals surface area (Å²) in [5.74, 6) is 1.54. The van der Waals surface area contributed by atoms with E-state index in [0.29, 0.717) is 6.10 Å². The summed E-state index contributed by atoms with van der Waals surface area (Å²) in [5.41, 5.74) is 0. The van der Waals surface area contributed by atoms with Crippen molar-refractivity contribution in [3.63, 3.8) is 0 Å². The maximum Gasteiger partial charge on any atom is 0.0605 e. The molecule has 0 spiro atoms. The van der Waals surface area contributed by atoms with Crippen LogP contribution in [0.3, 0.4) is 0 Å². The van der Waals surface area contributed by atoms with E-state index in [1.165, 1.54) is 52.1 Å². The molecular weight excluding hydrogens is 298 g/mol. The van der Waals surface area contributed by atoms with Crippen LogP contribution in [0.1, 0.15) is 48.0 Å². The summed E-state index contributed by atoms with van der Waals surface area (Å²) >= 11 is 0. The van der Waals surface area contributed by atoms with Gasteiger partial charge in [0.2, 0.25) is 0 Å². The Morgan fingerprint density at radius 3 is 2.08 bits per heavy atom. The maximum absolute atomic E-state index is 6.08. The Labute approximate surface area is 151 Å². The molecular formula is C20H43N3O. The molecule has 0 bridgehead atoms. The van der Waals surface area contributed by atoms with Crippen molar-refractivity contribution < 1.29 is 4.74 Å². The highest BCUT2D eigenvalue weighted by Gasteiger charge is 2.32. The standard InChI is InChI=1S/C19H39N3O.CH4/c1-16(2)14-20(5)18-12-19(13-18)23-11-10-21-6-8-22(9-7-21)15-17(3)4;/h16-19H,6-15H2,1-5H3;1H4.